The summed E-state index contributed by atoms with van der Waals surface area (Å²) in [5.74, 6) is 0.141. The van der Waals surface area contributed by atoms with Gasteiger partial charge < -0.3 is 15.3 Å². The normalized spacial score (nSPS) is 20.9. The summed E-state index contributed by atoms with van der Waals surface area (Å²) in [4.78, 5) is 13.4. The molecule has 1 heterocycles. The zero-order valence-corrected chi connectivity index (χ0v) is 9.05. The third-order valence-electron chi connectivity index (χ3n) is 2.72. The summed E-state index contributed by atoms with van der Waals surface area (Å²) in [6, 6.07) is 0. The van der Waals surface area contributed by atoms with Gasteiger partial charge in [-0.1, -0.05) is 6.92 Å². The van der Waals surface area contributed by atoms with Gasteiger partial charge in [-0.05, 0) is 26.3 Å². The molecule has 82 valence electrons. The van der Waals surface area contributed by atoms with E-state index in [2.05, 4.69) is 5.32 Å². The van der Waals surface area contributed by atoms with E-state index in [1.165, 1.54) is 0 Å². The topological polar surface area (TPSA) is 52.6 Å². The van der Waals surface area contributed by atoms with Crippen molar-refractivity contribution >= 4 is 5.91 Å². The number of carbonyl (C=O) groups excluding carboxylic acids is 1. The molecule has 0 saturated carbocycles. The molecule has 0 aliphatic carbocycles. The van der Waals surface area contributed by atoms with Crippen molar-refractivity contribution in [1.29, 1.82) is 0 Å². The van der Waals surface area contributed by atoms with Crippen molar-refractivity contribution in [2.75, 3.05) is 26.2 Å². The van der Waals surface area contributed by atoms with Gasteiger partial charge in [-0.25, -0.2) is 0 Å². The lowest BCUT2D eigenvalue weighted by Gasteiger charge is -2.35. The van der Waals surface area contributed by atoms with Crippen LogP contribution in [0.3, 0.4) is 0 Å². The quantitative estimate of drug-likeness (QED) is 0.672. The minimum atomic E-state index is -0.574. The van der Waals surface area contributed by atoms with Crippen molar-refractivity contribution in [3.63, 3.8) is 0 Å². The fourth-order valence-corrected chi connectivity index (χ4v) is 1.58. The summed E-state index contributed by atoms with van der Waals surface area (Å²) in [5.41, 5.74) is -0.574. The lowest BCUT2D eigenvalue weighted by molar-refractivity contribution is -0.133. The predicted molar refractivity (Wildman–Crippen MR) is 55.0 cm³/mol. The van der Waals surface area contributed by atoms with Crippen molar-refractivity contribution < 1.29 is 9.90 Å². The molecule has 4 heteroatoms. The molecule has 0 unspecified atom stereocenters. The van der Waals surface area contributed by atoms with Gasteiger partial charge in [0.2, 0.25) is 5.91 Å². The maximum atomic E-state index is 11.5. The number of nitrogens with zero attached hydrogens (tertiary/aromatic N) is 1. The maximum Gasteiger partial charge on any atom is 0.236 e. The van der Waals surface area contributed by atoms with Gasteiger partial charge in [0.25, 0.3) is 0 Å². The number of nitrogens with one attached hydrogen (secondary N) is 1. The van der Waals surface area contributed by atoms with Crippen molar-refractivity contribution in [3.05, 3.63) is 0 Å². The molecule has 1 amide bonds. The van der Waals surface area contributed by atoms with E-state index in [0.717, 1.165) is 6.54 Å². The maximum absolute atomic E-state index is 11.5. The summed E-state index contributed by atoms with van der Waals surface area (Å²) in [6.45, 7) is 6.40. The Hall–Kier alpha value is -0.610. The smallest absolute Gasteiger partial charge is 0.236 e. The van der Waals surface area contributed by atoms with E-state index >= 15 is 0 Å². The molecule has 4 nitrogen and oxygen atoms in total. The average molecular weight is 200 g/mol. The molecular formula is C10H20N2O2. The summed E-state index contributed by atoms with van der Waals surface area (Å²) in [5, 5.41) is 12.7. The number of piperidine rings is 1. The number of likely N-dealkylation sites (N-methyl/N-ethyl adjacent to an activating group) is 1. The molecule has 1 rings (SSSR count). The molecule has 1 fully saturated rings. The van der Waals surface area contributed by atoms with Gasteiger partial charge in [0.1, 0.15) is 0 Å². The largest absolute Gasteiger partial charge is 0.390 e. The van der Waals surface area contributed by atoms with Crippen LogP contribution in [0.4, 0.5) is 0 Å². The van der Waals surface area contributed by atoms with Crippen molar-refractivity contribution in [2.24, 2.45) is 0 Å². The van der Waals surface area contributed by atoms with E-state index in [1.54, 1.807) is 0 Å². The molecule has 1 saturated heterocycles. The van der Waals surface area contributed by atoms with Gasteiger partial charge in [0.15, 0.2) is 0 Å². The monoisotopic (exact) mass is 200 g/mol. The van der Waals surface area contributed by atoms with Crippen LogP contribution in [0.15, 0.2) is 0 Å². The number of aliphatic hydroxyl groups is 1. The van der Waals surface area contributed by atoms with E-state index in [9.17, 15) is 9.90 Å². The van der Waals surface area contributed by atoms with Gasteiger partial charge in [-0.2, -0.15) is 0 Å². The molecule has 14 heavy (non-hydrogen) atoms. The fourth-order valence-electron chi connectivity index (χ4n) is 1.58. The zero-order chi connectivity index (χ0) is 10.6. The van der Waals surface area contributed by atoms with E-state index in [0.29, 0.717) is 32.5 Å². The molecule has 0 atom stereocenters. The van der Waals surface area contributed by atoms with Gasteiger partial charge in [-0.15, -0.1) is 0 Å². The Bertz CT molecular complexity index is 194. The molecule has 1 aliphatic rings. The van der Waals surface area contributed by atoms with Crippen LogP contribution >= 0.6 is 0 Å². The first-order valence-corrected chi connectivity index (χ1v) is 5.26. The Labute approximate surface area is 85.3 Å². The van der Waals surface area contributed by atoms with Crippen LogP contribution in [-0.4, -0.2) is 47.7 Å². The number of amides is 1. The minimum absolute atomic E-state index is 0.141. The number of carbonyl (C=O) groups is 1. The first-order chi connectivity index (χ1) is 6.55. The zero-order valence-electron chi connectivity index (χ0n) is 9.05. The highest BCUT2D eigenvalue weighted by atomic mass is 16.3. The lowest BCUT2D eigenvalue weighted by Crippen LogP contribution is -2.47. The van der Waals surface area contributed by atoms with Crippen LogP contribution in [0.25, 0.3) is 0 Å². The lowest BCUT2D eigenvalue weighted by atomic mass is 9.94. The first kappa shape index (κ1) is 11.5. The summed E-state index contributed by atoms with van der Waals surface area (Å²) < 4.78 is 0. The second-order valence-corrected chi connectivity index (χ2v) is 4.16. The Morgan fingerprint density at radius 3 is 2.57 bits per heavy atom. The fraction of sp³-hybridized carbons (Fsp3) is 0.900. The number of hydrogen-bond donors (Lipinski definition) is 2. The first-order valence-electron chi connectivity index (χ1n) is 5.26. The van der Waals surface area contributed by atoms with Crippen molar-refractivity contribution in [3.8, 4) is 0 Å². The highest BCUT2D eigenvalue weighted by molar-refractivity contribution is 5.78. The SMILES string of the molecule is CCNCC(=O)N1CCC(C)(O)CC1. The van der Waals surface area contributed by atoms with Gasteiger partial charge in [-0.3, -0.25) is 4.79 Å². The number of rotatable bonds is 3. The van der Waals surface area contributed by atoms with E-state index in [4.69, 9.17) is 0 Å². The van der Waals surface area contributed by atoms with E-state index in [1.807, 2.05) is 18.7 Å². The van der Waals surface area contributed by atoms with Crippen LogP contribution in [0, 0.1) is 0 Å². The van der Waals surface area contributed by atoms with Crippen molar-refractivity contribution in [1.82, 2.24) is 10.2 Å². The van der Waals surface area contributed by atoms with Gasteiger partial charge in [0.05, 0.1) is 12.1 Å². The second-order valence-electron chi connectivity index (χ2n) is 4.16. The second kappa shape index (κ2) is 4.75. The molecular weight excluding hydrogens is 180 g/mol. The third kappa shape index (κ3) is 3.27. The van der Waals surface area contributed by atoms with Crippen LogP contribution < -0.4 is 5.32 Å². The third-order valence-corrected chi connectivity index (χ3v) is 2.72. The molecule has 0 aromatic carbocycles. The van der Waals surface area contributed by atoms with Gasteiger partial charge in [0, 0.05) is 13.1 Å². The standard InChI is InChI=1S/C10H20N2O2/c1-3-11-8-9(13)12-6-4-10(2,14)5-7-12/h11,14H,3-8H2,1-2H3. The predicted octanol–water partition coefficient (Wildman–Crippen LogP) is -0.0307. The Kier molecular flexibility index (Phi) is 3.89. The molecule has 0 aromatic rings. The Morgan fingerprint density at radius 2 is 2.07 bits per heavy atom. The molecule has 0 aromatic heterocycles. The summed E-state index contributed by atoms with van der Waals surface area (Å²) >= 11 is 0. The molecule has 0 radical (unpaired) electrons. The molecule has 2 N–H and O–H groups in total. The highest BCUT2D eigenvalue weighted by Gasteiger charge is 2.28. The Balaban J connectivity index is 2.30. The molecule has 0 spiro atoms. The van der Waals surface area contributed by atoms with Crippen LogP contribution in [0.5, 0.6) is 0 Å². The van der Waals surface area contributed by atoms with Crippen LogP contribution in [0.1, 0.15) is 26.7 Å². The van der Waals surface area contributed by atoms with Crippen LogP contribution in [-0.2, 0) is 4.79 Å². The highest BCUT2D eigenvalue weighted by Crippen LogP contribution is 2.20. The summed E-state index contributed by atoms with van der Waals surface area (Å²) in [7, 11) is 0. The van der Waals surface area contributed by atoms with Crippen LogP contribution in [0.2, 0.25) is 0 Å². The molecule has 0 bridgehead atoms. The number of hydrogen-bond acceptors (Lipinski definition) is 3. The minimum Gasteiger partial charge on any atom is -0.390 e. The number of likely N-dealkylation sites (tertiary alicyclic amines) is 1. The molecule has 1 aliphatic heterocycles. The van der Waals surface area contributed by atoms with Gasteiger partial charge >= 0.3 is 0 Å². The average Bonchev–Trinajstić information content (AvgIpc) is 2.14. The van der Waals surface area contributed by atoms with Crippen molar-refractivity contribution in [2.45, 2.75) is 32.3 Å². The summed E-state index contributed by atoms with van der Waals surface area (Å²) in [6.07, 6.45) is 1.37. The van der Waals surface area contributed by atoms with E-state index in [-0.39, 0.29) is 5.91 Å². The Morgan fingerprint density at radius 1 is 1.50 bits per heavy atom. The van der Waals surface area contributed by atoms with E-state index < -0.39 is 5.60 Å².